The Hall–Kier alpha value is -1.89. The number of fused-ring (bicyclic) bond motifs is 3. The van der Waals surface area contributed by atoms with Crippen molar-refractivity contribution in [3.8, 4) is 0 Å². The van der Waals surface area contributed by atoms with Crippen LogP contribution in [0.3, 0.4) is 0 Å². The second-order valence-electron chi connectivity index (χ2n) is 5.05. The number of hydrogen-bond acceptors (Lipinski definition) is 1. The maximum atomic E-state index is 4.89. The Balaban J connectivity index is 2.34. The summed E-state index contributed by atoms with van der Waals surface area (Å²) in [5.74, 6) is 0. The number of benzene rings is 2. The number of aryl methyl sites for hydroxylation is 2. The quantitative estimate of drug-likeness (QED) is 0.601. The fourth-order valence-corrected chi connectivity index (χ4v) is 2.77. The first-order valence-corrected chi connectivity index (χ1v) is 7.13. The molecule has 1 heterocycles. The summed E-state index contributed by atoms with van der Waals surface area (Å²) in [6.07, 6.45) is 3.28. The summed E-state index contributed by atoms with van der Waals surface area (Å²) in [6.45, 7) is 4.43. The van der Waals surface area contributed by atoms with Crippen molar-refractivity contribution >= 4 is 21.7 Å². The molecule has 0 fully saturated rings. The summed E-state index contributed by atoms with van der Waals surface area (Å²) in [4.78, 5) is 4.89. The summed E-state index contributed by atoms with van der Waals surface area (Å²) in [5.41, 5.74) is 3.79. The second-order valence-corrected chi connectivity index (χ2v) is 5.05. The standard InChI is InChI=1S/C18H19N/c1-3-7-17-13(4-2)12-16-15-9-6-5-8-14(15)10-11-18(16)19-17/h5-6,8-12H,3-4,7H2,1-2H3. The lowest BCUT2D eigenvalue weighted by Gasteiger charge is -2.10. The summed E-state index contributed by atoms with van der Waals surface area (Å²) in [7, 11) is 0. The van der Waals surface area contributed by atoms with E-state index in [-0.39, 0.29) is 0 Å². The van der Waals surface area contributed by atoms with Gasteiger partial charge in [-0.15, -0.1) is 0 Å². The molecule has 0 atom stereocenters. The van der Waals surface area contributed by atoms with Gasteiger partial charge in [-0.25, -0.2) is 0 Å². The Labute approximate surface area is 114 Å². The van der Waals surface area contributed by atoms with Crippen molar-refractivity contribution in [3.05, 3.63) is 53.7 Å². The van der Waals surface area contributed by atoms with Crippen LogP contribution < -0.4 is 0 Å². The van der Waals surface area contributed by atoms with Crippen molar-refractivity contribution in [3.63, 3.8) is 0 Å². The molecule has 19 heavy (non-hydrogen) atoms. The molecule has 0 radical (unpaired) electrons. The minimum atomic E-state index is 1.06. The van der Waals surface area contributed by atoms with Crippen LogP contribution in [0, 0.1) is 0 Å². The molecule has 0 unspecified atom stereocenters. The van der Waals surface area contributed by atoms with Crippen molar-refractivity contribution in [2.24, 2.45) is 0 Å². The second kappa shape index (κ2) is 5.00. The van der Waals surface area contributed by atoms with E-state index >= 15 is 0 Å². The highest BCUT2D eigenvalue weighted by molar-refractivity contribution is 6.06. The molecule has 3 aromatic rings. The highest BCUT2D eigenvalue weighted by atomic mass is 14.7. The predicted octanol–water partition coefficient (Wildman–Crippen LogP) is 4.90. The van der Waals surface area contributed by atoms with Crippen molar-refractivity contribution in [1.82, 2.24) is 4.98 Å². The minimum absolute atomic E-state index is 1.06. The average Bonchev–Trinajstić information content (AvgIpc) is 2.46. The first kappa shape index (κ1) is 12.2. The molecule has 0 spiro atoms. The zero-order valence-electron chi connectivity index (χ0n) is 11.6. The molecule has 96 valence electrons. The number of aromatic nitrogens is 1. The first-order chi connectivity index (χ1) is 9.33. The van der Waals surface area contributed by atoms with Crippen molar-refractivity contribution in [2.45, 2.75) is 33.1 Å². The van der Waals surface area contributed by atoms with E-state index in [1.807, 2.05) is 0 Å². The Morgan fingerprint density at radius 2 is 1.79 bits per heavy atom. The van der Waals surface area contributed by atoms with Crippen LogP contribution in [-0.2, 0) is 12.8 Å². The van der Waals surface area contributed by atoms with E-state index in [1.165, 1.54) is 27.4 Å². The molecule has 0 N–H and O–H groups in total. The molecule has 0 saturated heterocycles. The van der Waals surface area contributed by atoms with E-state index in [9.17, 15) is 0 Å². The maximum Gasteiger partial charge on any atom is 0.0711 e. The molecule has 0 aliphatic rings. The van der Waals surface area contributed by atoms with Gasteiger partial charge < -0.3 is 0 Å². The topological polar surface area (TPSA) is 12.9 Å². The molecular formula is C18H19N. The van der Waals surface area contributed by atoms with Gasteiger partial charge >= 0.3 is 0 Å². The largest absolute Gasteiger partial charge is 0.253 e. The zero-order chi connectivity index (χ0) is 13.2. The van der Waals surface area contributed by atoms with E-state index in [1.54, 1.807) is 0 Å². The normalized spacial score (nSPS) is 11.3. The minimum Gasteiger partial charge on any atom is -0.253 e. The van der Waals surface area contributed by atoms with Gasteiger partial charge in [0.2, 0.25) is 0 Å². The van der Waals surface area contributed by atoms with E-state index in [0.717, 1.165) is 24.8 Å². The molecule has 0 aliphatic carbocycles. The van der Waals surface area contributed by atoms with Gasteiger partial charge in [0.1, 0.15) is 0 Å². The fourth-order valence-electron chi connectivity index (χ4n) is 2.77. The van der Waals surface area contributed by atoms with Crippen LogP contribution in [0.5, 0.6) is 0 Å². The molecule has 0 bridgehead atoms. The lowest BCUT2D eigenvalue weighted by molar-refractivity contribution is 0.866. The highest BCUT2D eigenvalue weighted by Crippen LogP contribution is 2.26. The molecule has 1 aromatic heterocycles. The van der Waals surface area contributed by atoms with Gasteiger partial charge in [-0.2, -0.15) is 0 Å². The van der Waals surface area contributed by atoms with E-state index in [4.69, 9.17) is 4.98 Å². The monoisotopic (exact) mass is 249 g/mol. The first-order valence-electron chi connectivity index (χ1n) is 7.13. The van der Waals surface area contributed by atoms with Gasteiger partial charge in [0, 0.05) is 11.1 Å². The number of rotatable bonds is 3. The molecule has 0 aliphatic heterocycles. The lowest BCUT2D eigenvalue weighted by Crippen LogP contribution is -1.97. The smallest absolute Gasteiger partial charge is 0.0711 e. The Morgan fingerprint density at radius 3 is 2.58 bits per heavy atom. The van der Waals surface area contributed by atoms with Gasteiger partial charge in [-0.3, -0.25) is 4.98 Å². The zero-order valence-corrected chi connectivity index (χ0v) is 11.6. The van der Waals surface area contributed by atoms with E-state index < -0.39 is 0 Å². The van der Waals surface area contributed by atoms with E-state index in [0.29, 0.717) is 0 Å². The molecule has 1 heteroatoms. The van der Waals surface area contributed by atoms with Gasteiger partial charge in [0.05, 0.1) is 5.52 Å². The predicted molar refractivity (Wildman–Crippen MR) is 82.6 cm³/mol. The molecular weight excluding hydrogens is 230 g/mol. The number of pyridine rings is 1. The Morgan fingerprint density at radius 1 is 0.947 bits per heavy atom. The molecule has 3 rings (SSSR count). The van der Waals surface area contributed by atoms with Gasteiger partial charge in [0.15, 0.2) is 0 Å². The van der Waals surface area contributed by atoms with Gasteiger partial charge in [-0.1, -0.05) is 50.6 Å². The van der Waals surface area contributed by atoms with Gasteiger partial charge in [0.25, 0.3) is 0 Å². The summed E-state index contributed by atoms with van der Waals surface area (Å²) < 4.78 is 0. The van der Waals surface area contributed by atoms with Crippen molar-refractivity contribution in [1.29, 1.82) is 0 Å². The number of hydrogen-bond donors (Lipinski definition) is 0. The SMILES string of the molecule is CCCc1nc2ccc3ccccc3c2cc1CC. The van der Waals surface area contributed by atoms with Crippen LogP contribution in [0.1, 0.15) is 31.5 Å². The third-order valence-electron chi connectivity index (χ3n) is 3.76. The van der Waals surface area contributed by atoms with Crippen LogP contribution in [-0.4, -0.2) is 4.98 Å². The Kier molecular flexibility index (Phi) is 3.20. The highest BCUT2D eigenvalue weighted by Gasteiger charge is 2.07. The van der Waals surface area contributed by atoms with Crippen LogP contribution in [0.15, 0.2) is 42.5 Å². The molecule has 2 aromatic carbocycles. The van der Waals surface area contributed by atoms with Gasteiger partial charge in [-0.05, 0) is 41.3 Å². The van der Waals surface area contributed by atoms with Crippen LogP contribution >= 0.6 is 0 Å². The van der Waals surface area contributed by atoms with Crippen LogP contribution in [0.4, 0.5) is 0 Å². The van der Waals surface area contributed by atoms with Crippen LogP contribution in [0.25, 0.3) is 21.7 Å². The molecule has 0 saturated carbocycles. The maximum absolute atomic E-state index is 4.89. The fraction of sp³-hybridized carbons (Fsp3) is 0.278. The third-order valence-corrected chi connectivity index (χ3v) is 3.76. The summed E-state index contributed by atoms with van der Waals surface area (Å²) >= 11 is 0. The van der Waals surface area contributed by atoms with Crippen molar-refractivity contribution < 1.29 is 0 Å². The van der Waals surface area contributed by atoms with Crippen LogP contribution in [0.2, 0.25) is 0 Å². The third kappa shape index (κ3) is 2.10. The Bertz CT molecular complexity index is 728. The average molecular weight is 249 g/mol. The summed E-state index contributed by atoms with van der Waals surface area (Å²) in [6, 6.07) is 15.2. The molecule has 0 amide bonds. The summed E-state index contributed by atoms with van der Waals surface area (Å²) in [5, 5.41) is 3.89. The van der Waals surface area contributed by atoms with Crippen molar-refractivity contribution in [2.75, 3.05) is 0 Å². The lowest BCUT2D eigenvalue weighted by atomic mass is 10.00. The molecule has 1 nitrogen and oxygen atoms in total. The number of nitrogens with zero attached hydrogens (tertiary/aromatic N) is 1. The van der Waals surface area contributed by atoms with E-state index in [2.05, 4.69) is 56.3 Å².